The lowest BCUT2D eigenvalue weighted by molar-refractivity contribution is -0.121. The molecule has 2 rings (SSSR count). The van der Waals surface area contributed by atoms with Crippen molar-refractivity contribution in [3.63, 3.8) is 0 Å². The number of rotatable bonds is 5. The molecular formula is C15H21N3O2. The number of nitrogens with two attached hydrogens (primary N) is 1. The normalized spacial score (nSPS) is 16.1. The summed E-state index contributed by atoms with van der Waals surface area (Å²) in [5, 5.41) is 5.53. The Balaban J connectivity index is 1.75. The monoisotopic (exact) mass is 275 g/mol. The van der Waals surface area contributed by atoms with Crippen molar-refractivity contribution in [2.45, 2.75) is 32.2 Å². The van der Waals surface area contributed by atoms with Crippen molar-refractivity contribution in [1.82, 2.24) is 10.6 Å². The van der Waals surface area contributed by atoms with Gasteiger partial charge in [0, 0.05) is 17.3 Å². The van der Waals surface area contributed by atoms with Gasteiger partial charge in [-0.2, -0.15) is 0 Å². The molecule has 0 bridgehead atoms. The lowest BCUT2D eigenvalue weighted by atomic mass is 9.80. The fraction of sp³-hybridized carbons (Fsp3) is 0.467. The summed E-state index contributed by atoms with van der Waals surface area (Å²) in [6.07, 6.45) is 3.61. The lowest BCUT2D eigenvalue weighted by Crippen LogP contribution is -2.45. The Labute approximate surface area is 118 Å². The molecule has 108 valence electrons. The van der Waals surface area contributed by atoms with Gasteiger partial charge in [-0.1, -0.05) is 6.42 Å². The Bertz CT molecular complexity index is 480. The van der Waals surface area contributed by atoms with Gasteiger partial charge in [-0.3, -0.25) is 9.59 Å². The van der Waals surface area contributed by atoms with E-state index >= 15 is 0 Å². The van der Waals surface area contributed by atoms with Crippen LogP contribution in [0.5, 0.6) is 0 Å². The van der Waals surface area contributed by atoms with Crippen LogP contribution in [0.15, 0.2) is 24.3 Å². The van der Waals surface area contributed by atoms with E-state index in [4.69, 9.17) is 5.73 Å². The molecule has 0 aliphatic heterocycles. The molecule has 5 heteroatoms. The van der Waals surface area contributed by atoms with Crippen LogP contribution < -0.4 is 16.4 Å². The van der Waals surface area contributed by atoms with E-state index < -0.39 is 0 Å². The fourth-order valence-electron chi connectivity index (χ4n) is 2.26. The van der Waals surface area contributed by atoms with E-state index in [9.17, 15) is 9.59 Å². The highest BCUT2D eigenvalue weighted by Crippen LogP contribution is 2.29. The van der Waals surface area contributed by atoms with Crippen LogP contribution in [0.2, 0.25) is 0 Å². The summed E-state index contributed by atoms with van der Waals surface area (Å²) < 4.78 is 0. The molecule has 0 spiro atoms. The smallest absolute Gasteiger partial charge is 0.251 e. The van der Waals surface area contributed by atoms with E-state index in [2.05, 4.69) is 10.6 Å². The maximum Gasteiger partial charge on any atom is 0.251 e. The van der Waals surface area contributed by atoms with Crippen LogP contribution in [-0.4, -0.2) is 24.4 Å². The van der Waals surface area contributed by atoms with Crippen LogP contribution in [0.4, 0.5) is 5.69 Å². The third kappa shape index (κ3) is 3.73. The van der Waals surface area contributed by atoms with E-state index in [0.717, 1.165) is 0 Å². The quantitative estimate of drug-likeness (QED) is 0.708. The highest BCUT2D eigenvalue weighted by molar-refractivity contribution is 5.96. The second kappa shape index (κ2) is 6.41. The number of benzene rings is 1. The molecule has 0 heterocycles. The van der Waals surface area contributed by atoms with Gasteiger partial charge in [-0.15, -0.1) is 0 Å². The number of hydrogen-bond acceptors (Lipinski definition) is 3. The molecule has 20 heavy (non-hydrogen) atoms. The molecule has 0 aromatic heterocycles. The zero-order chi connectivity index (χ0) is 14.5. The zero-order valence-corrected chi connectivity index (χ0v) is 11.7. The molecule has 1 fully saturated rings. The number of amides is 2. The Morgan fingerprint density at radius 3 is 2.50 bits per heavy atom. The van der Waals surface area contributed by atoms with Gasteiger partial charge in [0.25, 0.3) is 5.91 Å². The van der Waals surface area contributed by atoms with Gasteiger partial charge in [-0.25, -0.2) is 0 Å². The minimum atomic E-state index is -0.267. The molecule has 1 saturated carbocycles. The van der Waals surface area contributed by atoms with Crippen molar-refractivity contribution in [2.24, 2.45) is 5.92 Å². The molecule has 1 aliphatic carbocycles. The summed E-state index contributed by atoms with van der Waals surface area (Å²) in [7, 11) is 0. The van der Waals surface area contributed by atoms with Crippen molar-refractivity contribution in [3.05, 3.63) is 29.8 Å². The topological polar surface area (TPSA) is 84.2 Å². The van der Waals surface area contributed by atoms with E-state index in [1.54, 1.807) is 24.3 Å². The van der Waals surface area contributed by atoms with Crippen LogP contribution in [0.1, 0.15) is 36.5 Å². The number of carbonyl (C=O) groups excluding carboxylic acids is 2. The van der Waals surface area contributed by atoms with Crippen molar-refractivity contribution in [3.8, 4) is 0 Å². The number of anilines is 1. The molecule has 0 saturated heterocycles. The molecule has 0 radical (unpaired) electrons. The molecular weight excluding hydrogens is 254 g/mol. The van der Waals surface area contributed by atoms with E-state index in [1.165, 1.54) is 19.3 Å². The molecule has 1 aromatic carbocycles. The van der Waals surface area contributed by atoms with Crippen molar-refractivity contribution < 1.29 is 9.59 Å². The Morgan fingerprint density at radius 2 is 1.95 bits per heavy atom. The van der Waals surface area contributed by atoms with Gasteiger partial charge >= 0.3 is 0 Å². The molecule has 1 atom stereocenters. The van der Waals surface area contributed by atoms with E-state index in [-0.39, 0.29) is 24.4 Å². The second-order valence-corrected chi connectivity index (χ2v) is 5.35. The molecule has 1 aliphatic rings. The van der Waals surface area contributed by atoms with Crippen molar-refractivity contribution >= 4 is 17.5 Å². The third-order valence-corrected chi connectivity index (χ3v) is 3.83. The molecule has 2 amide bonds. The summed E-state index contributed by atoms with van der Waals surface area (Å²) >= 11 is 0. The third-order valence-electron chi connectivity index (χ3n) is 3.83. The highest BCUT2D eigenvalue weighted by Gasteiger charge is 2.24. The lowest BCUT2D eigenvalue weighted by Gasteiger charge is -2.31. The zero-order valence-electron chi connectivity index (χ0n) is 11.7. The summed E-state index contributed by atoms with van der Waals surface area (Å²) in [5.41, 5.74) is 6.66. The van der Waals surface area contributed by atoms with Crippen LogP contribution in [0, 0.1) is 5.92 Å². The molecule has 1 unspecified atom stereocenters. The predicted molar refractivity (Wildman–Crippen MR) is 78.1 cm³/mol. The van der Waals surface area contributed by atoms with Crippen molar-refractivity contribution in [2.75, 3.05) is 12.3 Å². The SMILES string of the molecule is CC(NC(=O)CNC(=O)c1ccc(N)cc1)C1CCC1. The summed E-state index contributed by atoms with van der Waals surface area (Å²) in [6.45, 7) is 2.02. The summed E-state index contributed by atoms with van der Waals surface area (Å²) in [6, 6.07) is 6.78. The number of hydrogen-bond donors (Lipinski definition) is 3. The van der Waals surface area contributed by atoms with Gasteiger partial charge in [0.1, 0.15) is 0 Å². The maximum atomic E-state index is 11.8. The highest BCUT2D eigenvalue weighted by atomic mass is 16.2. The average molecular weight is 275 g/mol. The Hall–Kier alpha value is -2.04. The Morgan fingerprint density at radius 1 is 1.30 bits per heavy atom. The second-order valence-electron chi connectivity index (χ2n) is 5.35. The van der Waals surface area contributed by atoms with E-state index in [1.807, 2.05) is 6.92 Å². The van der Waals surface area contributed by atoms with Gasteiger partial charge in [0.15, 0.2) is 0 Å². The summed E-state index contributed by atoms with van der Waals surface area (Å²) in [5.74, 6) is 0.177. The van der Waals surface area contributed by atoms with Crippen LogP contribution in [0.3, 0.4) is 0 Å². The Kier molecular flexibility index (Phi) is 4.61. The maximum absolute atomic E-state index is 11.8. The largest absolute Gasteiger partial charge is 0.399 e. The molecule has 5 nitrogen and oxygen atoms in total. The van der Waals surface area contributed by atoms with Gasteiger partial charge in [0.2, 0.25) is 5.91 Å². The first kappa shape index (κ1) is 14.4. The first-order valence-corrected chi connectivity index (χ1v) is 6.99. The van der Waals surface area contributed by atoms with Crippen molar-refractivity contribution in [1.29, 1.82) is 0 Å². The predicted octanol–water partition coefficient (Wildman–Crippen LogP) is 1.30. The van der Waals surface area contributed by atoms with Gasteiger partial charge in [-0.05, 0) is 49.9 Å². The number of nitrogen functional groups attached to an aromatic ring is 1. The van der Waals surface area contributed by atoms with Crippen LogP contribution in [-0.2, 0) is 4.79 Å². The van der Waals surface area contributed by atoms with Gasteiger partial charge in [0.05, 0.1) is 6.54 Å². The first-order chi connectivity index (χ1) is 9.56. The van der Waals surface area contributed by atoms with E-state index in [0.29, 0.717) is 17.2 Å². The van der Waals surface area contributed by atoms with Gasteiger partial charge < -0.3 is 16.4 Å². The minimum absolute atomic E-state index is 0.000268. The standard InChI is InChI=1S/C15H21N3O2/c1-10(11-3-2-4-11)18-14(19)9-17-15(20)12-5-7-13(16)8-6-12/h5-8,10-11H,2-4,9,16H2,1H3,(H,17,20)(H,18,19). The number of carbonyl (C=O) groups is 2. The van der Waals surface area contributed by atoms with Crippen LogP contribution >= 0.6 is 0 Å². The first-order valence-electron chi connectivity index (χ1n) is 6.99. The summed E-state index contributed by atoms with van der Waals surface area (Å²) in [4.78, 5) is 23.6. The average Bonchev–Trinajstić information content (AvgIpc) is 2.34. The minimum Gasteiger partial charge on any atom is -0.399 e. The van der Waals surface area contributed by atoms with Crippen LogP contribution in [0.25, 0.3) is 0 Å². The molecule has 4 N–H and O–H groups in total. The fourth-order valence-corrected chi connectivity index (χ4v) is 2.26. The molecule has 1 aromatic rings. The number of nitrogens with one attached hydrogen (secondary N) is 2.